The van der Waals surface area contributed by atoms with Crippen LogP contribution in [0.3, 0.4) is 0 Å². The first-order chi connectivity index (χ1) is 11.6. The van der Waals surface area contributed by atoms with E-state index >= 15 is 0 Å². The Balaban J connectivity index is 2.29. The lowest BCUT2D eigenvalue weighted by atomic mass is 10.2. The molecule has 0 amide bonds. The second-order valence-corrected chi connectivity index (χ2v) is 6.24. The zero-order valence-electron chi connectivity index (χ0n) is 12.3. The summed E-state index contributed by atoms with van der Waals surface area (Å²) >= 11 is 2.61. The summed E-state index contributed by atoms with van der Waals surface area (Å²) in [7, 11) is 0. The van der Waals surface area contributed by atoms with Crippen molar-refractivity contribution in [1.29, 1.82) is 10.5 Å². The Labute approximate surface area is 144 Å². The second kappa shape index (κ2) is 6.20. The topological polar surface area (TPSA) is 137 Å². The number of nitrogen functional groups attached to an aromatic ring is 1. The maximum atomic E-state index is 12.2. The van der Waals surface area contributed by atoms with E-state index in [1.807, 2.05) is 17.5 Å². The smallest absolute Gasteiger partial charge is 0.270 e. The molecule has 0 radical (unpaired) electrons. The fourth-order valence-electron chi connectivity index (χ4n) is 2.08. The molecule has 0 unspecified atom stereocenters. The molecule has 0 saturated carbocycles. The molecule has 0 aromatic carbocycles. The molecule has 0 atom stereocenters. The summed E-state index contributed by atoms with van der Waals surface area (Å²) in [6.07, 6.45) is 1.76. The van der Waals surface area contributed by atoms with Gasteiger partial charge >= 0.3 is 0 Å². The molecule has 8 nitrogen and oxygen atoms in total. The summed E-state index contributed by atoms with van der Waals surface area (Å²) in [5.41, 5.74) is 5.74. The van der Waals surface area contributed by atoms with Gasteiger partial charge in [-0.1, -0.05) is 6.07 Å². The van der Waals surface area contributed by atoms with Gasteiger partial charge in [0.25, 0.3) is 5.56 Å². The van der Waals surface area contributed by atoms with Gasteiger partial charge in [-0.3, -0.25) is 9.78 Å². The van der Waals surface area contributed by atoms with Gasteiger partial charge < -0.3 is 5.73 Å². The van der Waals surface area contributed by atoms with Crippen molar-refractivity contribution in [2.45, 2.75) is 5.03 Å². The van der Waals surface area contributed by atoms with Crippen LogP contribution in [-0.2, 0) is 0 Å². The maximum Gasteiger partial charge on any atom is 0.270 e. The molecule has 0 spiro atoms. The Morgan fingerprint density at radius 1 is 1.38 bits per heavy atom. The Morgan fingerprint density at radius 2 is 2.12 bits per heavy atom. The highest BCUT2D eigenvalue weighted by atomic mass is 32.2. The first-order valence-electron chi connectivity index (χ1n) is 6.52. The lowest BCUT2D eigenvalue weighted by Crippen LogP contribution is -2.19. The van der Waals surface area contributed by atoms with Crippen molar-refractivity contribution in [3.63, 3.8) is 0 Å². The predicted octanol–water partition coefficient (Wildman–Crippen LogP) is 1.73. The minimum absolute atomic E-state index is 0.0525. The molecule has 3 aromatic rings. The Hall–Kier alpha value is -3.08. The van der Waals surface area contributed by atoms with E-state index in [0.29, 0.717) is 9.90 Å². The number of H-pyrrole nitrogens is 1. The van der Waals surface area contributed by atoms with E-state index in [-0.39, 0.29) is 28.6 Å². The number of aromatic amines is 1. The fraction of sp³-hybridized carbons (Fsp3) is 0.0714. The van der Waals surface area contributed by atoms with E-state index in [1.54, 1.807) is 18.4 Å². The lowest BCUT2D eigenvalue weighted by molar-refractivity contribution is 0.782. The van der Waals surface area contributed by atoms with Gasteiger partial charge in [0.15, 0.2) is 0 Å². The number of aromatic nitrogens is 4. The average molecular weight is 355 g/mol. The van der Waals surface area contributed by atoms with Crippen molar-refractivity contribution < 1.29 is 0 Å². The van der Waals surface area contributed by atoms with Gasteiger partial charge in [0, 0.05) is 0 Å². The first kappa shape index (κ1) is 15.8. The van der Waals surface area contributed by atoms with Crippen molar-refractivity contribution in [1.82, 2.24) is 19.7 Å². The van der Waals surface area contributed by atoms with Crippen LogP contribution in [-0.4, -0.2) is 26.0 Å². The maximum absolute atomic E-state index is 12.2. The molecule has 0 aliphatic carbocycles. The number of nitrogens with two attached hydrogens (primary N) is 1. The summed E-state index contributed by atoms with van der Waals surface area (Å²) in [6, 6.07) is 7.41. The number of rotatable bonds is 3. The quantitative estimate of drug-likeness (QED) is 0.682. The van der Waals surface area contributed by atoms with E-state index in [1.165, 1.54) is 27.8 Å². The third-order valence-corrected chi connectivity index (χ3v) is 4.72. The highest BCUT2D eigenvalue weighted by Gasteiger charge is 2.20. The molecule has 0 aliphatic rings. The number of thioether (sulfide) groups is 1. The molecule has 0 saturated heterocycles. The van der Waals surface area contributed by atoms with E-state index in [4.69, 9.17) is 5.73 Å². The first-order valence-corrected chi connectivity index (χ1v) is 8.62. The SMILES string of the molecule is CSc1nn(-c2nc(-c3cccs3)c(C#N)c(=O)[nH]2)c(N)c1C#N. The van der Waals surface area contributed by atoms with Crippen LogP contribution in [0.1, 0.15) is 11.1 Å². The van der Waals surface area contributed by atoms with Crippen LogP contribution in [0.2, 0.25) is 0 Å². The van der Waals surface area contributed by atoms with E-state index in [0.717, 1.165) is 0 Å². The zero-order chi connectivity index (χ0) is 17.3. The van der Waals surface area contributed by atoms with Crippen LogP contribution in [0.25, 0.3) is 16.5 Å². The molecule has 10 heteroatoms. The summed E-state index contributed by atoms with van der Waals surface area (Å²) < 4.78 is 1.20. The van der Waals surface area contributed by atoms with Gasteiger partial charge in [-0.2, -0.15) is 20.3 Å². The van der Waals surface area contributed by atoms with Crippen LogP contribution in [0, 0.1) is 22.7 Å². The predicted molar refractivity (Wildman–Crippen MR) is 90.9 cm³/mol. The molecule has 0 aliphatic heterocycles. The van der Waals surface area contributed by atoms with Crippen molar-refractivity contribution in [3.8, 4) is 28.7 Å². The molecule has 0 bridgehead atoms. The molecular formula is C14H9N7OS2. The number of hydrogen-bond donors (Lipinski definition) is 2. The van der Waals surface area contributed by atoms with Crippen LogP contribution in [0.15, 0.2) is 27.3 Å². The van der Waals surface area contributed by atoms with Gasteiger partial charge in [0.2, 0.25) is 5.95 Å². The van der Waals surface area contributed by atoms with Crippen molar-refractivity contribution in [2.75, 3.05) is 12.0 Å². The Bertz CT molecular complexity index is 1050. The summed E-state index contributed by atoms with van der Waals surface area (Å²) in [6.45, 7) is 0. The summed E-state index contributed by atoms with van der Waals surface area (Å²) in [5.74, 6) is 0.128. The normalized spacial score (nSPS) is 10.3. The molecule has 3 aromatic heterocycles. The molecule has 3 heterocycles. The summed E-state index contributed by atoms with van der Waals surface area (Å²) in [4.78, 5) is 19.7. The van der Waals surface area contributed by atoms with Crippen LogP contribution in [0.5, 0.6) is 0 Å². The number of nitrogens with one attached hydrogen (secondary N) is 1. The van der Waals surface area contributed by atoms with E-state index < -0.39 is 5.56 Å². The molecule has 118 valence electrons. The molecule has 0 fully saturated rings. The van der Waals surface area contributed by atoms with Crippen molar-refractivity contribution in [3.05, 3.63) is 39.0 Å². The van der Waals surface area contributed by atoms with Crippen molar-refractivity contribution >= 4 is 28.9 Å². The largest absolute Gasteiger partial charge is 0.382 e. The summed E-state index contributed by atoms with van der Waals surface area (Å²) in [5, 5.41) is 24.9. The molecule has 3 rings (SSSR count). The number of thiophene rings is 1. The number of nitrogens with zero attached hydrogens (tertiary/aromatic N) is 5. The standard InChI is InChI=1S/C14H9N7OS2/c1-23-13-8(6-16)11(17)21(20-13)14-18-10(9-3-2-4-24-9)7(5-15)12(22)19-14/h2-4H,17H2,1H3,(H,18,19,22). The Kier molecular flexibility index (Phi) is 4.08. The third kappa shape index (κ3) is 2.44. The number of hydrogen-bond acceptors (Lipinski definition) is 8. The van der Waals surface area contributed by atoms with Crippen molar-refractivity contribution in [2.24, 2.45) is 0 Å². The highest BCUT2D eigenvalue weighted by molar-refractivity contribution is 7.98. The minimum atomic E-state index is -0.593. The van der Waals surface area contributed by atoms with E-state index in [2.05, 4.69) is 15.1 Å². The third-order valence-electron chi connectivity index (χ3n) is 3.17. The zero-order valence-corrected chi connectivity index (χ0v) is 13.9. The van der Waals surface area contributed by atoms with Crippen LogP contribution in [0.4, 0.5) is 5.82 Å². The fourth-order valence-corrected chi connectivity index (χ4v) is 3.31. The van der Waals surface area contributed by atoms with Gasteiger partial charge in [0.1, 0.15) is 39.8 Å². The van der Waals surface area contributed by atoms with Gasteiger partial charge in [0.05, 0.1) is 4.88 Å². The van der Waals surface area contributed by atoms with E-state index in [9.17, 15) is 15.3 Å². The monoisotopic (exact) mass is 355 g/mol. The highest BCUT2D eigenvalue weighted by Crippen LogP contribution is 2.27. The van der Waals surface area contributed by atoms with Gasteiger partial charge in [-0.15, -0.1) is 23.1 Å². The van der Waals surface area contributed by atoms with Crippen LogP contribution < -0.4 is 11.3 Å². The second-order valence-electron chi connectivity index (χ2n) is 4.50. The van der Waals surface area contributed by atoms with Crippen LogP contribution >= 0.6 is 23.1 Å². The van der Waals surface area contributed by atoms with Gasteiger partial charge in [-0.25, -0.2) is 4.98 Å². The lowest BCUT2D eigenvalue weighted by Gasteiger charge is -2.06. The number of anilines is 1. The Morgan fingerprint density at radius 3 is 2.67 bits per heavy atom. The average Bonchev–Trinajstić information content (AvgIpc) is 3.21. The molecule has 3 N–H and O–H groups in total. The van der Waals surface area contributed by atoms with Gasteiger partial charge in [-0.05, 0) is 17.7 Å². The minimum Gasteiger partial charge on any atom is -0.382 e. The molecule has 24 heavy (non-hydrogen) atoms. The molecular weight excluding hydrogens is 346 g/mol. The number of nitriles is 2.